The van der Waals surface area contributed by atoms with E-state index >= 15 is 0 Å². The third-order valence-electron chi connectivity index (χ3n) is 3.76. The Kier molecular flexibility index (Phi) is 4.13. The fraction of sp³-hybridized carbons (Fsp3) is 0.294. The molecule has 0 bridgehead atoms. The minimum absolute atomic E-state index is 0.00450. The summed E-state index contributed by atoms with van der Waals surface area (Å²) in [6.45, 7) is 1.98. The molecule has 0 saturated carbocycles. The third-order valence-corrected chi connectivity index (χ3v) is 3.76. The van der Waals surface area contributed by atoms with Crippen molar-refractivity contribution in [3.05, 3.63) is 59.9 Å². The van der Waals surface area contributed by atoms with Gasteiger partial charge < -0.3 is 10.1 Å². The van der Waals surface area contributed by atoms with E-state index in [1.54, 1.807) is 18.3 Å². The third kappa shape index (κ3) is 3.21. The molecule has 0 aliphatic carbocycles. The van der Waals surface area contributed by atoms with Crippen LogP contribution in [-0.2, 0) is 0 Å². The summed E-state index contributed by atoms with van der Waals surface area (Å²) < 4.78 is 6.20. The van der Waals surface area contributed by atoms with Crippen LogP contribution in [-0.4, -0.2) is 18.1 Å². The van der Waals surface area contributed by atoms with Crippen LogP contribution in [0.25, 0.3) is 0 Å². The largest absolute Gasteiger partial charge is 0.485 e. The lowest BCUT2D eigenvalue weighted by Crippen LogP contribution is -2.21. The van der Waals surface area contributed by atoms with Crippen LogP contribution < -0.4 is 10.1 Å². The summed E-state index contributed by atoms with van der Waals surface area (Å²) in [5.74, 6) is 1.13. The smallest absolute Gasteiger partial charge is 0.144 e. The van der Waals surface area contributed by atoms with Gasteiger partial charge in [-0.1, -0.05) is 30.3 Å². The van der Waals surface area contributed by atoms with Gasteiger partial charge in [-0.15, -0.1) is 0 Å². The van der Waals surface area contributed by atoms with Gasteiger partial charge in [-0.25, -0.2) is 4.98 Å². The Balaban J connectivity index is 1.87. The second kappa shape index (κ2) is 6.38. The molecule has 1 saturated heterocycles. The maximum atomic E-state index is 8.95. The van der Waals surface area contributed by atoms with Crippen molar-refractivity contribution in [3.63, 3.8) is 0 Å². The molecule has 106 valence electrons. The first-order valence-electron chi connectivity index (χ1n) is 7.15. The van der Waals surface area contributed by atoms with E-state index in [1.165, 1.54) is 5.56 Å². The van der Waals surface area contributed by atoms with Gasteiger partial charge in [0.2, 0.25) is 0 Å². The van der Waals surface area contributed by atoms with E-state index in [0.29, 0.717) is 17.4 Å². The van der Waals surface area contributed by atoms with Crippen LogP contribution in [0, 0.1) is 17.2 Å². The van der Waals surface area contributed by atoms with E-state index in [0.717, 1.165) is 19.5 Å². The fourth-order valence-electron chi connectivity index (χ4n) is 2.71. The van der Waals surface area contributed by atoms with E-state index in [2.05, 4.69) is 22.4 Å². The molecule has 1 aromatic heterocycles. The van der Waals surface area contributed by atoms with Gasteiger partial charge in [-0.05, 0) is 24.6 Å². The summed E-state index contributed by atoms with van der Waals surface area (Å²) in [5.41, 5.74) is 1.55. The minimum atomic E-state index is -0.00450. The Morgan fingerprint density at radius 1 is 1.29 bits per heavy atom. The molecule has 2 unspecified atom stereocenters. The SMILES string of the molecule is N#Cc1cc(OC(c2ccccc2)C2CCNC2)ccn1. The molecule has 4 heteroatoms. The second-order valence-electron chi connectivity index (χ2n) is 5.19. The Hall–Kier alpha value is -2.38. The van der Waals surface area contributed by atoms with Gasteiger partial charge in [0.25, 0.3) is 0 Å². The van der Waals surface area contributed by atoms with Gasteiger partial charge in [-0.2, -0.15) is 5.26 Å². The Morgan fingerprint density at radius 3 is 2.86 bits per heavy atom. The topological polar surface area (TPSA) is 57.9 Å². The predicted molar refractivity (Wildman–Crippen MR) is 79.7 cm³/mol. The second-order valence-corrected chi connectivity index (χ2v) is 5.19. The quantitative estimate of drug-likeness (QED) is 0.934. The van der Waals surface area contributed by atoms with Gasteiger partial charge in [-0.3, -0.25) is 0 Å². The number of benzene rings is 1. The molecule has 21 heavy (non-hydrogen) atoms. The zero-order valence-electron chi connectivity index (χ0n) is 11.7. The predicted octanol–water partition coefficient (Wildman–Crippen LogP) is 2.68. The molecule has 3 rings (SSSR count). The number of nitriles is 1. The number of aromatic nitrogens is 1. The zero-order chi connectivity index (χ0) is 14.5. The molecule has 0 spiro atoms. The molecule has 1 fully saturated rings. The highest BCUT2D eigenvalue weighted by Gasteiger charge is 2.28. The maximum absolute atomic E-state index is 8.95. The van der Waals surface area contributed by atoms with Crippen LogP contribution in [0.1, 0.15) is 23.8 Å². The molecule has 1 aromatic carbocycles. The summed E-state index contributed by atoms with van der Waals surface area (Å²) in [7, 11) is 0. The van der Waals surface area contributed by atoms with Crippen LogP contribution in [0.15, 0.2) is 48.7 Å². The lowest BCUT2D eigenvalue weighted by atomic mass is 9.95. The first-order chi connectivity index (χ1) is 10.4. The number of nitrogens with one attached hydrogen (secondary N) is 1. The van der Waals surface area contributed by atoms with Crippen LogP contribution in [0.2, 0.25) is 0 Å². The maximum Gasteiger partial charge on any atom is 0.144 e. The summed E-state index contributed by atoms with van der Waals surface area (Å²) in [4.78, 5) is 3.98. The zero-order valence-corrected chi connectivity index (χ0v) is 11.7. The van der Waals surface area contributed by atoms with Gasteiger partial charge in [0.1, 0.15) is 23.6 Å². The van der Waals surface area contributed by atoms with Crippen LogP contribution in [0.4, 0.5) is 0 Å². The van der Waals surface area contributed by atoms with Gasteiger partial charge in [0.05, 0.1) is 0 Å². The van der Waals surface area contributed by atoms with E-state index in [4.69, 9.17) is 10.00 Å². The molecule has 1 N–H and O–H groups in total. The molecule has 4 nitrogen and oxygen atoms in total. The first-order valence-corrected chi connectivity index (χ1v) is 7.15. The van der Waals surface area contributed by atoms with Crippen molar-refractivity contribution in [2.75, 3.05) is 13.1 Å². The average molecular weight is 279 g/mol. The molecule has 2 atom stereocenters. The van der Waals surface area contributed by atoms with Gasteiger partial charge in [0.15, 0.2) is 0 Å². The fourth-order valence-corrected chi connectivity index (χ4v) is 2.71. The van der Waals surface area contributed by atoms with Gasteiger partial charge >= 0.3 is 0 Å². The van der Waals surface area contributed by atoms with Crippen molar-refractivity contribution in [1.29, 1.82) is 5.26 Å². The monoisotopic (exact) mass is 279 g/mol. The average Bonchev–Trinajstić information content (AvgIpc) is 3.08. The van der Waals surface area contributed by atoms with Crippen molar-refractivity contribution in [2.24, 2.45) is 5.92 Å². The van der Waals surface area contributed by atoms with Crippen molar-refractivity contribution < 1.29 is 4.74 Å². The molecular formula is C17H17N3O. The summed E-state index contributed by atoms with van der Waals surface area (Å²) in [6.07, 6.45) is 2.70. The number of hydrogen-bond donors (Lipinski definition) is 1. The number of rotatable bonds is 4. The Bertz CT molecular complexity index is 630. The van der Waals surface area contributed by atoms with Crippen LogP contribution in [0.3, 0.4) is 0 Å². The summed E-state index contributed by atoms with van der Waals surface area (Å²) >= 11 is 0. The minimum Gasteiger partial charge on any atom is -0.485 e. The Morgan fingerprint density at radius 2 is 2.14 bits per heavy atom. The number of hydrogen-bond acceptors (Lipinski definition) is 4. The first kappa shape index (κ1) is 13.6. The molecule has 1 aliphatic heterocycles. The number of nitrogens with zero attached hydrogens (tertiary/aromatic N) is 2. The molecule has 2 heterocycles. The van der Waals surface area contributed by atoms with Crippen molar-refractivity contribution in [2.45, 2.75) is 12.5 Å². The highest BCUT2D eigenvalue weighted by molar-refractivity contribution is 5.31. The van der Waals surface area contributed by atoms with Crippen LogP contribution >= 0.6 is 0 Å². The van der Waals surface area contributed by atoms with E-state index in [1.807, 2.05) is 24.3 Å². The van der Waals surface area contributed by atoms with E-state index in [9.17, 15) is 0 Å². The lowest BCUT2D eigenvalue weighted by molar-refractivity contribution is 0.144. The van der Waals surface area contributed by atoms with Crippen LogP contribution in [0.5, 0.6) is 5.75 Å². The van der Waals surface area contributed by atoms with Crippen molar-refractivity contribution in [3.8, 4) is 11.8 Å². The molecular weight excluding hydrogens is 262 g/mol. The standard InChI is InChI=1S/C17H17N3O/c18-11-15-10-16(7-9-20-15)21-17(14-6-8-19-12-14)13-4-2-1-3-5-13/h1-5,7,9-10,14,17,19H,6,8,12H2. The normalized spacial score (nSPS) is 18.9. The highest BCUT2D eigenvalue weighted by Crippen LogP contribution is 2.31. The van der Waals surface area contributed by atoms with Crippen molar-refractivity contribution in [1.82, 2.24) is 10.3 Å². The summed E-state index contributed by atoms with van der Waals surface area (Å²) in [5, 5.41) is 12.3. The molecule has 0 amide bonds. The number of ether oxygens (including phenoxy) is 1. The molecule has 0 radical (unpaired) electrons. The van der Waals surface area contributed by atoms with E-state index < -0.39 is 0 Å². The highest BCUT2D eigenvalue weighted by atomic mass is 16.5. The molecule has 1 aliphatic rings. The lowest BCUT2D eigenvalue weighted by Gasteiger charge is -2.24. The van der Waals surface area contributed by atoms with Gasteiger partial charge in [0, 0.05) is 24.7 Å². The van der Waals surface area contributed by atoms with Crippen molar-refractivity contribution >= 4 is 0 Å². The molecule has 2 aromatic rings. The Labute approximate surface area is 124 Å². The number of pyridine rings is 1. The summed E-state index contributed by atoms with van der Waals surface area (Å²) in [6, 6.07) is 15.8. The van der Waals surface area contributed by atoms with E-state index in [-0.39, 0.29) is 6.10 Å².